The molecule has 1 aromatic heterocycles. The molecule has 0 fully saturated rings. The minimum Gasteiger partial charge on any atom is -0.481 e. The van der Waals surface area contributed by atoms with Gasteiger partial charge in [-0.2, -0.15) is 0 Å². The number of carbonyl (C=O) groups is 2. The largest absolute Gasteiger partial charge is 0.481 e. The zero-order chi connectivity index (χ0) is 24.2. The lowest BCUT2D eigenvalue weighted by Gasteiger charge is -2.16. The molecule has 7 nitrogen and oxygen atoms in total. The molecule has 0 radical (unpaired) electrons. The van der Waals surface area contributed by atoms with Gasteiger partial charge in [-0.05, 0) is 62.1 Å². The third-order valence-electron chi connectivity index (χ3n) is 5.41. The maximum absolute atomic E-state index is 13.8. The number of benzene rings is 2. The van der Waals surface area contributed by atoms with Crippen LogP contribution in [0.3, 0.4) is 0 Å². The van der Waals surface area contributed by atoms with Gasteiger partial charge in [0.05, 0.1) is 23.4 Å². The van der Waals surface area contributed by atoms with E-state index >= 15 is 0 Å². The van der Waals surface area contributed by atoms with E-state index in [-0.39, 0.29) is 12.3 Å². The quantitative estimate of drug-likeness (QED) is 0.436. The number of rotatable bonds is 8. The van der Waals surface area contributed by atoms with Crippen LogP contribution in [-0.4, -0.2) is 41.0 Å². The Morgan fingerprint density at radius 2 is 1.88 bits per heavy atom. The number of amides is 1. The van der Waals surface area contributed by atoms with E-state index < -0.39 is 11.8 Å². The summed E-state index contributed by atoms with van der Waals surface area (Å²) < 4.78 is 13.8. The molecular formula is C26H25FN4O3. The van der Waals surface area contributed by atoms with Gasteiger partial charge in [0, 0.05) is 41.7 Å². The van der Waals surface area contributed by atoms with Gasteiger partial charge in [-0.3, -0.25) is 14.6 Å². The zero-order valence-electron chi connectivity index (χ0n) is 18.9. The first-order valence-corrected chi connectivity index (χ1v) is 10.8. The number of hydrogen-bond acceptors (Lipinski definition) is 5. The van der Waals surface area contributed by atoms with Gasteiger partial charge in [0.15, 0.2) is 0 Å². The highest BCUT2D eigenvalue weighted by atomic mass is 19.1. The molecule has 0 saturated carbocycles. The van der Waals surface area contributed by atoms with Crippen molar-refractivity contribution in [3.8, 4) is 0 Å². The van der Waals surface area contributed by atoms with Gasteiger partial charge in [0.2, 0.25) is 0 Å². The molecule has 1 aliphatic heterocycles. The van der Waals surface area contributed by atoms with E-state index in [2.05, 4.69) is 20.5 Å². The molecule has 3 N–H and O–H groups in total. The first kappa shape index (κ1) is 23.1. The van der Waals surface area contributed by atoms with Gasteiger partial charge in [-0.25, -0.2) is 4.39 Å². The van der Waals surface area contributed by atoms with E-state index in [1.165, 1.54) is 12.1 Å². The number of carbonyl (C=O) groups excluding carboxylic acids is 1. The molecule has 8 heteroatoms. The lowest BCUT2D eigenvalue weighted by molar-refractivity contribution is -0.137. The average Bonchev–Trinajstić information content (AvgIpc) is 3.11. The summed E-state index contributed by atoms with van der Waals surface area (Å²) in [7, 11) is 4.00. The number of nitrogens with one attached hydrogen (secondary N) is 2. The van der Waals surface area contributed by atoms with Gasteiger partial charge in [-0.1, -0.05) is 12.1 Å². The Kier molecular flexibility index (Phi) is 6.70. The number of anilines is 2. The fraction of sp³-hybridized carbons (Fsp3) is 0.192. The summed E-state index contributed by atoms with van der Waals surface area (Å²) in [4.78, 5) is 30.3. The van der Waals surface area contributed by atoms with Crippen molar-refractivity contribution in [3.63, 3.8) is 0 Å². The SMILES string of the molecule is CN(C)Cc1ccc(N/C(=C2\C(=O)Nc3cc(F)ccc32)c2ccc(CCC(=O)O)nc2)cc1. The number of aryl methyl sites for hydroxylation is 1. The maximum Gasteiger partial charge on any atom is 0.303 e. The molecule has 0 atom stereocenters. The Balaban J connectivity index is 1.74. The first-order valence-electron chi connectivity index (χ1n) is 10.8. The van der Waals surface area contributed by atoms with E-state index in [0.29, 0.717) is 40.2 Å². The molecule has 0 bridgehead atoms. The fourth-order valence-electron chi connectivity index (χ4n) is 3.83. The summed E-state index contributed by atoms with van der Waals surface area (Å²) in [6.07, 6.45) is 1.91. The van der Waals surface area contributed by atoms with Crippen LogP contribution in [0.4, 0.5) is 15.8 Å². The van der Waals surface area contributed by atoms with Crippen LogP contribution in [0, 0.1) is 5.82 Å². The maximum atomic E-state index is 13.8. The molecule has 1 aliphatic rings. The number of aromatic nitrogens is 1. The number of carboxylic acid groups (broad SMARTS) is 1. The molecule has 2 aromatic carbocycles. The Hall–Kier alpha value is -4.04. The second-order valence-corrected chi connectivity index (χ2v) is 8.39. The number of nitrogens with zero attached hydrogens (tertiary/aromatic N) is 2. The van der Waals surface area contributed by atoms with E-state index in [1.54, 1.807) is 24.4 Å². The van der Waals surface area contributed by atoms with Crippen molar-refractivity contribution in [1.29, 1.82) is 0 Å². The smallest absolute Gasteiger partial charge is 0.303 e. The Morgan fingerprint density at radius 1 is 1.12 bits per heavy atom. The van der Waals surface area contributed by atoms with Crippen LogP contribution in [0.5, 0.6) is 0 Å². The van der Waals surface area contributed by atoms with Gasteiger partial charge in [0.1, 0.15) is 5.82 Å². The number of fused-ring (bicyclic) bond motifs is 1. The van der Waals surface area contributed by atoms with Crippen LogP contribution >= 0.6 is 0 Å². The summed E-state index contributed by atoms with van der Waals surface area (Å²) in [5.41, 5.74) is 5.13. The normalized spacial score (nSPS) is 14.1. The second kappa shape index (κ2) is 9.84. The summed E-state index contributed by atoms with van der Waals surface area (Å²) >= 11 is 0. The van der Waals surface area contributed by atoms with Crippen molar-refractivity contribution in [2.45, 2.75) is 19.4 Å². The van der Waals surface area contributed by atoms with Crippen LogP contribution in [0.1, 0.15) is 28.8 Å². The van der Waals surface area contributed by atoms with Gasteiger partial charge in [0.25, 0.3) is 5.91 Å². The Labute approximate surface area is 196 Å². The monoisotopic (exact) mass is 460 g/mol. The number of carboxylic acids is 1. The van der Waals surface area contributed by atoms with E-state index in [4.69, 9.17) is 5.11 Å². The molecule has 3 aromatic rings. The van der Waals surface area contributed by atoms with Crippen molar-refractivity contribution in [1.82, 2.24) is 9.88 Å². The van der Waals surface area contributed by atoms with E-state index in [1.807, 2.05) is 38.4 Å². The van der Waals surface area contributed by atoms with Crippen molar-refractivity contribution in [2.75, 3.05) is 24.7 Å². The molecule has 0 aliphatic carbocycles. The topological polar surface area (TPSA) is 94.6 Å². The number of hydrogen-bond donors (Lipinski definition) is 3. The number of pyridine rings is 1. The summed E-state index contributed by atoms with van der Waals surface area (Å²) in [5.74, 6) is -1.67. The van der Waals surface area contributed by atoms with Crippen LogP contribution in [0.25, 0.3) is 11.3 Å². The molecule has 174 valence electrons. The minimum atomic E-state index is -0.889. The zero-order valence-corrected chi connectivity index (χ0v) is 18.9. The highest BCUT2D eigenvalue weighted by molar-refractivity contribution is 6.37. The summed E-state index contributed by atoms with van der Waals surface area (Å²) in [6.45, 7) is 0.803. The fourth-order valence-corrected chi connectivity index (χ4v) is 3.83. The minimum absolute atomic E-state index is 0.0147. The lowest BCUT2D eigenvalue weighted by atomic mass is 10.0. The molecule has 2 heterocycles. The van der Waals surface area contributed by atoms with E-state index in [9.17, 15) is 14.0 Å². The molecule has 34 heavy (non-hydrogen) atoms. The van der Waals surface area contributed by atoms with Gasteiger partial charge < -0.3 is 20.6 Å². The molecule has 4 rings (SSSR count). The molecule has 1 amide bonds. The second-order valence-electron chi connectivity index (χ2n) is 8.39. The summed E-state index contributed by atoms with van der Waals surface area (Å²) in [6, 6.07) is 15.6. The highest BCUT2D eigenvalue weighted by Crippen LogP contribution is 2.37. The van der Waals surface area contributed by atoms with Crippen LogP contribution < -0.4 is 10.6 Å². The van der Waals surface area contributed by atoms with Crippen LogP contribution in [0.2, 0.25) is 0 Å². The van der Waals surface area contributed by atoms with Gasteiger partial charge in [-0.15, -0.1) is 0 Å². The van der Waals surface area contributed by atoms with Crippen molar-refractivity contribution in [2.24, 2.45) is 0 Å². The molecule has 0 saturated heterocycles. The predicted molar refractivity (Wildman–Crippen MR) is 129 cm³/mol. The van der Waals surface area contributed by atoms with Crippen LogP contribution in [0.15, 0.2) is 60.8 Å². The van der Waals surface area contributed by atoms with Crippen molar-refractivity contribution < 1.29 is 19.1 Å². The first-order chi connectivity index (χ1) is 16.3. The Bertz CT molecular complexity index is 1250. The van der Waals surface area contributed by atoms with Crippen molar-refractivity contribution >= 4 is 34.5 Å². The Morgan fingerprint density at radius 3 is 2.53 bits per heavy atom. The molecule has 0 spiro atoms. The summed E-state index contributed by atoms with van der Waals surface area (Å²) in [5, 5.41) is 15.0. The van der Waals surface area contributed by atoms with Gasteiger partial charge >= 0.3 is 5.97 Å². The number of aliphatic carboxylic acids is 1. The molecule has 0 unspecified atom stereocenters. The predicted octanol–water partition coefficient (Wildman–Crippen LogP) is 4.23. The van der Waals surface area contributed by atoms with Crippen molar-refractivity contribution in [3.05, 3.63) is 89.0 Å². The van der Waals surface area contributed by atoms with Crippen LogP contribution in [-0.2, 0) is 22.6 Å². The van der Waals surface area contributed by atoms with E-state index in [0.717, 1.165) is 17.8 Å². The average molecular weight is 461 g/mol. The lowest BCUT2D eigenvalue weighted by Crippen LogP contribution is -2.11. The highest BCUT2D eigenvalue weighted by Gasteiger charge is 2.29. The number of halogens is 1. The third-order valence-corrected chi connectivity index (χ3v) is 5.41. The third kappa shape index (κ3) is 5.29. The standard InChI is InChI=1S/C26H25FN4O3/c1-31(2)15-16-3-7-20(8-4-16)29-25(17-5-9-19(28-14-17)10-12-23(32)33)24-21-11-6-18(27)13-22(21)30-26(24)34/h3-9,11,13-14,29H,10,12,15H2,1-2H3,(H,30,34)(H,32,33)/b25-24-. The molecular weight excluding hydrogens is 435 g/mol.